The standard InChI is InChI=1S/C12H12BrN3O/c1-6-4-8(6)11-15-12(17-16-11)7-2-3-9(13)10(14)5-7/h2-3,5-6,8H,4,14H2,1H3. The highest BCUT2D eigenvalue weighted by atomic mass is 79.9. The maximum atomic E-state index is 5.82. The Balaban J connectivity index is 1.92. The molecule has 2 unspecified atom stereocenters. The number of aromatic nitrogens is 2. The van der Waals surface area contributed by atoms with Gasteiger partial charge >= 0.3 is 0 Å². The zero-order chi connectivity index (χ0) is 12.0. The second kappa shape index (κ2) is 3.84. The predicted octanol–water partition coefficient (Wildman–Crippen LogP) is 3.20. The first-order valence-electron chi connectivity index (χ1n) is 5.54. The minimum absolute atomic E-state index is 0.472. The average molecular weight is 294 g/mol. The van der Waals surface area contributed by atoms with Crippen LogP contribution in [0.4, 0.5) is 5.69 Å². The molecule has 1 aliphatic carbocycles. The van der Waals surface area contributed by atoms with Gasteiger partial charge < -0.3 is 10.3 Å². The van der Waals surface area contributed by atoms with Crippen molar-refractivity contribution in [3.05, 3.63) is 28.5 Å². The quantitative estimate of drug-likeness (QED) is 0.864. The van der Waals surface area contributed by atoms with Gasteiger partial charge in [-0.2, -0.15) is 4.98 Å². The Morgan fingerprint density at radius 3 is 2.88 bits per heavy atom. The van der Waals surface area contributed by atoms with Crippen LogP contribution in [0.2, 0.25) is 0 Å². The molecule has 4 nitrogen and oxygen atoms in total. The third-order valence-electron chi connectivity index (χ3n) is 3.13. The summed E-state index contributed by atoms with van der Waals surface area (Å²) in [4.78, 5) is 4.42. The molecule has 1 heterocycles. The Bertz CT molecular complexity index is 567. The van der Waals surface area contributed by atoms with Crippen molar-refractivity contribution in [1.82, 2.24) is 10.1 Å². The van der Waals surface area contributed by atoms with Gasteiger partial charge in [0.15, 0.2) is 5.82 Å². The fourth-order valence-electron chi connectivity index (χ4n) is 1.86. The van der Waals surface area contributed by atoms with Crippen LogP contribution in [0.25, 0.3) is 11.5 Å². The molecule has 2 aromatic rings. The summed E-state index contributed by atoms with van der Waals surface area (Å²) in [6.07, 6.45) is 1.15. The van der Waals surface area contributed by atoms with Crippen LogP contribution in [0, 0.1) is 5.92 Å². The van der Waals surface area contributed by atoms with Gasteiger partial charge in [-0.3, -0.25) is 0 Å². The SMILES string of the molecule is CC1CC1c1noc(-c2ccc(Br)c(N)c2)n1. The van der Waals surface area contributed by atoms with Crippen molar-refractivity contribution in [2.45, 2.75) is 19.3 Å². The third-order valence-corrected chi connectivity index (χ3v) is 3.85. The van der Waals surface area contributed by atoms with Crippen LogP contribution in [0.3, 0.4) is 0 Å². The van der Waals surface area contributed by atoms with Crippen molar-refractivity contribution < 1.29 is 4.52 Å². The summed E-state index contributed by atoms with van der Waals surface area (Å²) in [6, 6.07) is 5.63. The van der Waals surface area contributed by atoms with Crippen LogP contribution in [0.15, 0.2) is 27.2 Å². The Kier molecular flexibility index (Phi) is 2.43. The summed E-state index contributed by atoms with van der Waals surface area (Å²) >= 11 is 3.36. The maximum absolute atomic E-state index is 5.82. The molecule has 0 amide bonds. The summed E-state index contributed by atoms with van der Waals surface area (Å²) in [5, 5.41) is 4.02. The van der Waals surface area contributed by atoms with E-state index in [2.05, 4.69) is 33.0 Å². The van der Waals surface area contributed by atoms with Gasteiger partial charge in [0.25, 0.3) is 5.89 Å². The molecule has 1 saturated carbocycles. The van der Waals surface area contributed by atoms with E-state index in [0.717, 1.165) is 22.3 Å². The molecule has 1 aromatic heterocycles. The maximum Gasteiger partial charge on any atom is 0.258 e. The summed E-state index contributed by atoms with van der Waals surface area (Å²) in [6.45, 7) is 2.19. The Morgan fingerprint density at radius 1 is 1.47 bits per heavy atom. The van der Waals surface area contributed by atoms with E-state index in [1.54, 1.807) is 0 Å². The number of hydrogen-bond acceptors (Lipinski definition) is 4. The fraction of sp³-hybridized carbons (Fsp3) is 0.333. The van der Waals surface area contributed by atoms with E-state index < -0.39 is 0 Å². The van der Waals surface area contributed by atoms with Gasteiger partial charge in [0.1, 0.15) is 0 Å². The van der Waals surface area contributed by atoms with E-state index >= 15 is 0 Å². The highest BCUT2D eigenvalue weighted by Crippen LogP contribution is 2.45. The minimum atomic E-state index is 0.472. The second-order valence-electron chi connectivity index (χ2n) is 4.51. The van der Waals surface area contributed by atoms with E-state index in [-0.39, 0.29) is 0 Å². The highest BCUT2D eigenvalue weighted by molar-refractivity contribution is 9.10. The topological polar surface area (TPSA) is 64.9 Å². The van der Waals surface area contributed by atoms with Crippen molar-refractivity contribution >= 4 is 21.6 Å². The van der Waals surface area contributed by atoms with E-state index in [9.17, 15) is 0 Å². The van der Waals surface area contributed by atoms with Crippen molar-refractivity contribution in [2.24, 2.45) is 5.92 Å². The van der Waals surface area contributed by atoms with E-state index in [1.807, 2.05) is 18.2 Å². The molecule has 2 N–H and O–H groups in total. The monoisotopic (exact) mass is 293 g/mol. The molecular weight excluding hydrogens is 282 g/mol. The Labute approximate surface area is 107 Å². The number of benzene rings is 1. The lowest BCUT2D eigenvalue weighted by Gasteiger charge is -1.99. The number of halogens is 1. The zero-order valence-electron chi connectivity index (χ0n) is 9.35. The van der Waals surface area contributed by atoms with E-state index in [4.69, 9.17) is 10.3 Å². The van der Waals surface area contributed by atoms with Gasteiger partial charge in [-0.15, -0.1) is 0 Å². The normalized spacial score (nSPS) is 22.7. The molecule has 0 aliphatic heterocycles. The smallest absolute Gasteiger partial charge is 0.258 e. The molecule has 1 aliphatic rings. The molecule has 0 radical (unpaired) electrons. The van der Waals surface area contributed by atoms with Crippen LogP contribution < -0.4 is 5.73 Å². The third kappa shape index (κ3) is 1.95. The Morgan fingerprint density at radius 2 is 2.24 bits per heavy atom. The van der Waals surface area contributed by atoms with Crippen molar-refractivity contribution in [2.75, 3.05) is 5.73 Å². The molecule has 1 aromatic carbocycles. The van der Waals surface area contributed by atoms with Gasteiger partial charge in [0.05, 0.1) is 0 Å². The van der Waals surface area contributed by atoms with E-state index in [0.29, 0.717) is 23.4 Å². The summed E-state index contributed by atoms with van der Waals surface area (Å²) in [5.41, 5.74) is 7.35. The van der Waals surface area contributed by atoms with Gasteiger partial charge in [-0.1, -0.05) is 12.1 Å². The number of rotatable bonds is 2. The number of nitrogen functional groups attached to an aromatic ring is 1. The van der Waals surface area contributed by atoms with E-state index in [1.165, 1.54) is 0 Å². The summed E-state index contributed by atoms with van der Waals surface area (Å²) in [5.74, 6) is 2.50. The molecule has 2 atom stereocenters. The average Bonchev–Trinajstić information content (AvgIpc) is 2.86. The zero-order valence-corrected chi connectivity index (χ0v) is 10.9. The number of anilines is 1. The lowest BCUT2D eigenvalue weighted by Crippen LogP contribution is -1.88. The first-order valence-corrected chi connectivity index (χ1v) is 6.33. The van der Waals surface area contributed by atoms with Crippen molar-refractivity contribution in [1.29, 1.82) is 0 Å². The van der Waals surface area contributed by atoms with Gasteiger partial charge in [-0.25, -0.2) is 0 Å². The Hall–Kier alpha value is -1.36. The van der Waals surface area contributed by atoms with Crippen molar-refractivity contribution in [3.63, 3.8) is 0 Å². The first kappa shape index (κ1) is 10.8. The van der Waals surface area contributed by atoms with Crippen LogP contribution >= 0.6 is 15.9 Å². The molecule has 17 heavy (non-hydrogen) atoms. The van der Waals surface area contributed by atoms with Crippen LogP contribution in [-0.2, 0) is 0 Å². The molecule has 0 bridgehead atoms. The molecule has 1 fully saturated rings. The number of hydrogen-bond donors (Lipinski definition) is 1. The van der Waals surface area contributed by atoms with Gasteiger partial charge in [0, 0.05) is 21.6 Å². The van der Waals surface area contributed by atoms with Gasteiger partial charge in [0.2, 0.25) is 0 Å². The molecule has 88 valence electrons. The first-order chi connectivity index (χ1) is 8.15. The summed E-state index contributed by atoms with van der Waals surface area (Å²) in [7, 11) is 0. The largest absolute Gasteiger partial charge is 0.398 e. The molecule has 3 rings (SSSR count). The fourth-order valence-corrected chi connectivity index (χ4v) is 2.11. The van der Waals surface area contributed by atoms with Gasteiger partial charge in [-0.05, 0) is 46.5 Å². The lowest BCUT2D eigenvalue weighted by molar-refractivity contribution is 0.422. The number of nitrogens with two attached hydrogens (primary N) is 1. The van der Waals surface area contributed by atoms with Crippen LogP contribution in [0.1, 0.15) is 25.1 Å². The van der Waals surface area contributed by atoms with Crippen LogP contribution in [-0.4, -0.2) is 10.1 Å². The summed E-state index contributed by atoms with van der Waals surface area (Å²) < 4.78 is 6.14. The second-order valence-corrected chi connectivity index (χ2v) is 5.37. The molecular formula is C12H12BrN3O. The molecule has 5 heteroatoms. The van der Waals surface area contributed by atoms with Crippen molar-refractivity contribution in [3.8, 4) is 11.5 Å². The minimum Gasteiger partial charge on any atom is -0.398 e. The van der Waals surface area contributed by atoms with Crippen LogP contribution in [0.5, 0.6) is 0 Å². The number of nitrogens with zero attached hydrogens (tertiary/aromatic N) is 2. The molecule has 0 saturated heterocycles. The molecule has 0 spiro atoms. The highest BCUT2D eigenvalue weighted by Gasteiger charge is 2.38. The predicted molar refractivity (Wildman–Crippen MR) is 68.4 cm³/mol. The lowest BCUT2D eigenvalue weighted by atomic mass is 10.2.